The Morgan fingerprint density at radius 2 is 2.24 bits per heavy atom. The molecule has 0 amide bonds. The van der Waals surface area contributed by atoms with Gasteiger partial charge >= 0.3 is 0 Å². The molecule has 0 saturated heterocycles. The van der Waals surface area contributed by atoms with E-state index in [9.17, 15) is 0 Å². The van der Waals surface area contributed by atoms with Gasteiger partial charge in [0.1, 0.15) is 0 Å². The molecule has 1 heterocycles. The van der Waals surface area contributed by atoms with E-state index in [1.807, 2.05) is 6.07 Å². The molecular weight excluding hydrogens is 270 g/mol. The molecule has 0 atom stereocenters. The van der Waals surface area contributed by atoms with Crippen LogP contribution in [-0.4, -0.2) is 6.54 Å². The van der Waals surface area contributed by atoms with Crippen molar-refractivity contribution in [2.45, 2.75) is 22.6 Å². The summed E-state index contributed by atoms with van der Waals surface area (Å²) in [6.45, 7) is 3.95. The van der Waals surface area contributed by atoms with Crippen LogP contribution in [0.4, 0.5) is 0 Å². The highest BCUT2D eigenvalue weighted by Crippen LogP contribution is 2.36. The Bertz CT molecular complexity index is 468. The van der Waals surface area contributed by atoms with E-state index in [1.54, 1.807) is 23.1 Å². The minimum atomic E-state index is 0.832. The normalized spacial score (nSPS) is 10.7. The van der Waals surface area contributed by atoms with Crippen LogP contribution >= 0.6 is 34.7 Å². The maximum Gasteiger partial charge on any atom is 0.0646 e. The van der Waals surface area contributed by atoms with Crippen LogP contribution in [0.25, 0.3) is 0 Å². The molecule has 1 aromatic heterocycles. The average molecular weight is 284 g/mol. The molecule has 1 nitrogen and oxygen atoms in total. The van der Waals surface area contributed by atoms with Crippen molar-refractivity contribution in [2.24, 2.45) is 0 Å². The molecule has 0 aliphatic carbocycles. The fourth-order valence-corrected chi connectivity index (χ4v) is 3.49. The largest absolute Gasteiger partial charge is 0.313 e. The summed E-state index contributed by atoms with van der Waals surface area (Å²) < 4.78 is 1.27. The quantitative estimate of drug-likeness (QED) is 0.856. The van der Waals surface area contributed by atoms with Gasteiger partial charge in [-0.25, -0.2) is 0 Å². The lowest BCUT2D eigenvalue weighted by Crippen LogP contribution is -2.11. The van der Waals surface area contributed by atoms with Crippen molar-refractivity contribution in [3.05, 3.63) is 46.3 Å². The summed E-state index contributed by atoms with van der Waals surface area (Å²) in [7, 11) is 0. The van der Waals surface area contributed by atoms with Crippen LogP contribution in [0.5, 0.6) is 0 Å². The lowest BCUT2D eigenvalue weighted by Gasteiger charge is -2.06. The highest BCUT2D eigenvalue weighted by Gasteiger charge is 2.04. The van der Waals surface area contributed by atoms with E-state index in [1.165, 1.54) is 9.77 Å². The fourth-order valence-electron chi connectivity index (χ4n) is 1.44. The first-order chi connectivity index (χ1) is 8.29. The Morgan fingerprint density at radius 1 is 1.35 bits per heavy atom. The van der Waals surface area contributed by atoms with Gasteiger partial charge in [0.25, 0.3) is 0 Å². The van der Waals surface area contributed by atoms with Gasteiger partial charge in [-0.15, -0.1) is 11.3 Å². The number of benzene rings is 1. The van der Waals surface area contributed by atoms with Gasteiger partial charge in [-0.3, -0.25) is 0 Å². The summed E-state index contributed by atoms with van der Waals surface area (Å²) in [6, 6.07) is 10.4. The Morgan fingerprint density at radius 3 is 2.88 bits per heavy atom. The third-order valence-corrected chi connectivity index (χ3v) is 4.82. The van der Waals surface area contributed by atoms with Crippen molar-refractivity contribution in [1.29, 1.82) is 0 Å². The number of halogens is 1. The van der Waals surface area contributed by atoms with Crippen LogP contribution in [0.15, 0.2) is 44.8 Å². The van der Waals surface area contributed by atoms with Gasteiger partial charge in [0.15, 0.2) is 0 Å². The Hall–Kier alpha value is -0.480. The summed E-state index contributed by atoms with van der Waals surface area (Å²) >= 11 is 9.74. The van der Waals surface area contributed by atoms with Gasteiger partial charge in [0.2, 0.25) is 0 Å². The summed E-state index contributed by atoms with van der Waals surface area (Å²) in [5.41, 5.74) is 1.23. The number of rotatable bonds is 5. The monoisotopic (exact) mass is 283 g/mol. The molecule has 2 rings (SSSR count). The van der Waals surface area contributed by atoms with Gasteiger partial charge in [-0.2, -0.15) is 0 Å². The molecule has 0 fully saturated rings. The van der Waals surface area contributed by atoms with Crippen molar-refractivity contribution >= 4 is 34.7 Å². The van der Waals surface area contributed by atoms with Crippen molar-refractivity contribution < 1.29 is 0 Å². The summed E-state index contributed by atoms with van der Waals surface area (Å²) in [5.74, 6) is 0. The van der Waals surface area contributed by atoms with Crippen molar-refractivity contribution in [3.63, 3.8) is 0 Å². The van der Waals surface area contributed by atoms with Gasteiger partial charge in [0, 0.05) is 11.4 Å². The maximum atomic E-state index is 6.28. The number of nitrogens with one attached hydrogen (secondary N) is 1. The van der Waals surface area contributed by atoms with Crippen LogP contribution in [0.1, 0.15) is 12.5 Å². The molecule has 0 radical (unpaired) electrons. The smallest absolute Gasteiger partial charge is 0.0646 e. The summed E-state index contributed by atoms with van der Waals surface area (Å²) in [6.07, 6.45) is 0. The van der Waals surface area contributed by atoms with Crippen LogP contribution in [-0.2, 0) is 6.54 Å². The van der Waals surface area contributed by atoms with E-state index in [4.69, 9.17) is 11.6 Å². The van der Waals surface area contributed by atoms with Crippen molar-refractivity contribution in [3.8, 4) is 0 Å². The van der Waals surface area contributed by atoms with E-state index in [-0.39, 0.29) is 0 Å². The predicted octanol–water partition coefficient (Wildman–Crippen LogP) is 4.66. The number of hydrogen-bond donors (Lipinski definition) is 1. The Balaban J connectivity index is 2.09. The zero-order valence-electron chi connectivity index (χ0n) is 9.57. The molecule has 90 valence electrons. The zero-order chi connectivity index (χ0) is 12.1. The standard InChI is InChI=1S/C13H14ClNS2/c1-2-15-9-10-5-6-12(11(14)8-10)17-13-4-3-7-16-13/h3-8,15H,2,9H2,1H3. The molecule has 0 aliphatic rings. The molecule has 0 unspecified atom stereocenters. The topological polar surface area (TPSA) is 12.0 Å². The minimum absolute atomic E-state index is 0.832. The van der Waals surface area contributed by atoms with Gasteiger partial charge in [-0.05, 0) is 35.7 Å². The predicted molar refractivity (Wildman–Crippen MR) is 77.3 cm³/mol. The van der Waals surface area contributed by atoms with Crippen LogP contribution in [0.3, 0.4) is 0 Å². The molecule has 0 spiro atoms. The first-order valence-electron chi connectivity index (χ1n) is 5.50. The fraction of sp³-hybridized carbons (Fsp3) is 0.231. The molecule has 4 heteroatoms. The van der Waals surface area contributed by atoms with Crippen molar-refractivity contribution in [2.75, 3.05) is 6.54 Å². The third kappa shape index (κ3) is 3.75. The lowest BCUT2D eigenvalue weighted by atomic mass is 10.2. The maximum absolute atomic E-state index is 6.28. The molecular formula is C13H14ClNS2. The van der Waals surface area contributed by atoms with Crippen LogP contribution in [0.2, 0.25) is 5.02 Å². The number of thiophene rings is 1. The zero-order valence-corrected chi connectivity index (χ0v) is 12.0. The van der Waals surface area contributed by atoms with Gasteiger partial charge < -0.3 is 5.32 Å². The van der Waals surface area contributed by atoms with E-state index >= 15 is 0 Å². The number of hydrogen-bond acceptors (Lipinski definition) is 3. The van der Waals surface area contributed by atoms with E-state index in [0.717, 1.165) is 23.0 Å². The third-order valence-electron chi connectivity index (χ3n) is 2.28. The van der Waals surface area contributed by atoms with Crippen molar-refractivity contribution in [1.82, 2.24) is 5.32 Å². The summed E-state index contributed by atoms with van der Waals surface area (Å²) in [4.78, 5) is 1.12. The van der Waals surface area contributed by atoms with E-state index in [0.29, 0.717) is 0 Å². The molecule has 0 saturated carbocycles. The highest BCUT2D eigenvalue weighted by molar-refractivity contribution is 8.01. The van der Waals surface area contributed by atoms with Crippen LogP contribution < -0.4 is 5.32 Å². The first kappa shape index (κ1) is 13.0. The first-order valence-corrected chi connectivity index (χ1v) is 7.57. The molecule has 0 bridgehead atoms. The molecule has 1 aromatic carbocycles. The van der Waals surface area contributed by atoms with Gasteiger partial charge in [0.05, 0.1) is 9.23 Å². The molecule has 2 aromatic rings. The average Bonchev–Trinajstić information content (AvgIpc) is 2.82. The second kappa shape index (κ2) is 6.45. The Labute approximate surface area is 115 Å². The van der Waals surface area contributed by atoms with Crippen LogP contribution in [0, 0.1) is 0 Å². The highest BCUT2D eigenvalue weighted by atomic mass is 35.5. The summed E-state index contributed by atoms with van der Waals surface area (Å²) in [5, 5.41) is 6.20. The molecule has 17 heavy (non-hydrogen) atoms. The van der Waals surface area contributed by atoms with Gasteiger partial charge in [-0.1, -0.05) is 42.4 Å². The van der Waals surface area contributed by atoms with E-state index < -0.39 is 0 Å². The minimum Gasteiger partial charge on any atom is -0.313 e. The molecule has 1 N–H and O–H groups in total. The Kier molecular flexibility index (Phi) is 4.92. The van der Waals surface area contributed by atoms with E-state index in [2.05, 4.69) is 41.9 Å². The SMILES string of the molecule is CCNCc1ccc(Sc2cccs2)c(Cl)c1. The second-order valence-corrected chi connectivity index (χ2v) is 6.28. The second-order valence-electron chi connectivity index (χ2n) is 3.58. The molecule has 0 aliphatic heterocycles. The lowest BCUT2D eigenvalue weighted by molar-refractivity contribution is 0.726.